The summed E-state index contributed by atoms with van der Waals surface area (Å²) < 4.78 is 1.65. The van der Waals surface area contributed by atoms with Gasteiger partial charge in [-0.3, -0.25) is 0 Å². The van der Waals surface area contributed by atoms with E-state index in [1.165, 1.54) is 6.20 Å². The topological polar surface area (TPSA) is 71.1 Å². The molecule has 0 atom stereocenters. The Bertz CT molecular complexity index is 439. The summed E-state index contributed by atoms with van der Waals surface area (Å²) >= 11 is 0. The van der Waals surface area contributed by atoms with Crippen molar-refractivity contribution >= 4 is 11.6 Å². The fourth-order valence-electron chi connectivity index (χ4n) is 1.01. The van der Waals surface area contributed by atoms with Gasteiger partial charge in [-0.25, -0.2) is 9.97 Å². The largest absolute Gasteiger partial charge is 1.00 e. The minimum absolute atomic E-state index is 0. The van der Waals surface area contributed by atoms with Crippen LogP contribution in [0.4, 0.5) is 0 Å². The summed E-state index contributed by atoms with van der Waals surface area (Å²) in [5.74, 6) is -0.813. The molecule has 0 saturated heterocycles. The van der Waals surface area contributed by atoms with Crippen molar-refractivity contribution < 1.29 is 34.4 Å². The van der Waals surface area contributed by atoms with Gasteiger partial charge >= 0.3 is 29.6 Å². The van der Waals surface area contributed by atoms with E-state index in [1.807, 2.05) is 0 Å². The molecule has 6 heteroatoms. The number of amides is 1. The molecule has 0 bridgehead atoms. The molecule has 0 aliphatic carbocycles. The van der Waals surface area contributed by atoms with Gasteiger partial charge in [0.25, 0.3) is 0 Å². The van der Waals surface area contributed by atoms with Crippen LogP contribution in [0.25, 0.3) is 11.4 Å². The van der Waals surface area contributed by atoms with Crippen LogP contribution in [-0.4, -0.2) is 20.3 Å². The van der Waals surface area contributed by atoms with Crippen molar-refractivity contribution in [1.29, 1.82) is 0 Å². The summed E-state index contributed by atoms with van der Waals surface area (Å²) in [5, 5.41) is 0. The van der Waals surface area contributed by atoms with E-state index in [2.05, 4.69) is 9.97 Å². The molecule has 2 aromatic rings. The van der Waals surface area contributed by atoms with Gasteiger partial charge in [-0.1, -0.05) is 0 Å². The Morgan fingerprint density at radius 2 is 1.92 bits per heavy atom. The number of fused-ring (bicyclic) bond motifs is 1. The van der Waals surface area contributed by atoms with Crippen LogP contribution in [0.3, 0.4) is 0 Å². The van der Waals surface area contributed by atoms with E-state index >= 15 is 0 Å². The number of carbonyl (C=O) groups is 1. The summed E-state index contributed by atoms with van der Waals surface area (Å²) in [6.45, 7) is 0. The number of nitrogens with zero attached hydrogens (tertiary/aromatic N) is 3. The van der Waals surface area contributed by atoms with E-state index in [0.29, 0.717) is 5.65 Å². The summed E-state index contributed by atoms with van der Waals surface area (Å²) in [5.41, 5.74) is 7.40. The molecule has 0 radical (unpaired) electrons. The van der Waals surface area contributed by atoms with Crippen LogP contribution in [0.15, 0.2) is 24.8 Å². The maximum Gasteiger partial charge on any atom is 1.00 e. The van der Waals surface area contributed by atoms with Crippen LogP contribution in [0.2, 0.25) is 0 Å². The van der Waals surface area contributed by atoms with E-state index in [1.54, 1.807) is 23.0 Å². The van der Waals surface area contributed by atoms with Crippen molar-refractivity contribution in [3.05, 3.63) is 36.2 Å². The number of imidazole rings is 1. The summed E-state index contributed by atoms with van der Waals surface area (Å²) in [7, 11) is 0. The molecule has 13 heavy (non-hydrogen) atoms. The second-order valence-corrected chi connectivity index (χ2v) is 2.26. The maximum absolute atomic E-state index is 10.7. The molecule has 0 aliphatic heterocycles. The third kappa shape index (κ3) is 1.72. The van der Waals surface area contributed by atoms with Crippen molar-refractivity contribution in [2.24, 2.45) is 0 Å². The molecule has 0 aromatic carbocycles. The fraction of sp³-hybridized carbons (Fsp3) is 0. The third-order valence-corrected chi connectivity index (χ3v) is 1.53. The van der Waals surface area contributed by atoms with Crippen LogP contribution >= 0.6 is 0 Å². The van der Waals surface area contributed by atoms with Crippen LogP contribution in [0.1, 0.15) is 10.5 Å². The Morgan fingerprint density at radius 1 is 1.31 bits per heavy atom. The van der Waals surface area contributed by atoms with Crippen LogP contribution in [0, 0.1) is 0 Å². The molecule has 2 heterocycles. The molecule has 1 amide bonds. The van der Waals surface area contributed by atoms with Crippen LogP contribution in [-0.2, 0) is 0 Å². The minimum atomic E-state index is -0.813. The van der Waals surface area contributed by atoms with Crippen molar-refractivity contribution in [2.45, 2.75) is 0 Å². The monoisotopic (exact) mass is 184 g/mol. The number of carbonyl (C=O) groups excluding carboxylic acids is 1. The average molecular weight is 184 g/mol. The van der Waals surface area contributed by atoms with Gasteiger partial charge in [-0.15, -0.1) is 0 Å². The minimum Gasteiger partial charge on any atom is -0.662 e. The first-order valence-electron chi connectivity index (χ1n) is 3.32. The molecule has 2 rings (SSSR count). The fourth-order valence-corrected chi connectivity index (χ4v) is 1.01. The molecular formula is C7H5N4NaO. The normalized spacial score (nSPS) is 9.54. The number of nitrogens with one attached hydrogen (secondary N) is 1. The molecule has 0 aliphatic rings. The molecule has 2 aromatic heterocycles. The van der Waals surface area contributed by atoms with E-state index in [-0.39, 0.29) is 35.3 Å². The van der Waals surface area contributed by atoms with Gasteiger partial charge in [0.15, 0.2) is 5.65 Å². The van der Waals surface area contributed by atoms with Crippen molar-refractivity contribution in [3.8, 4) is 0 Å². The SMILES string of the molecule is [NH-]C(=O)c1nccn2ccnc12.[Na+]. The second kappa shape index (κ2) is 3.87. The third-order valence-electron chi connectivity index (χ3n) is 1.53. The van der Waals surface area contributed by atoms with Gasteiger partial charge in [0, 0.05) is 24.8 Å². The van der Waals surface area contributed by atoms with Gasteiger partial charge in [-0.05, 0) is 0 Å². The molecule has 5 nitrogen and oxygen atoms in total. The molecule has 1 N–H and O–H groups in total. The van der Waals surface area contributed by atoms with Crippen LogP contribution in [0.5, 0.6) is 0 Å². The average Bonchev–Trinajstić information content (AvgIpc) is 2.49. The Labute approximate surface area is 96.3 Å². The first-order valence-corrected chi connectivity index (χ1v) is 3.32. The quantitative estimate of drug-likeness (QED) is 0.478. The van der Waals surface area contributed by atoms with Gasteiger partial charge in [-0.2, -0.15) is 0 Å². The van der Waals surface area contributed by atoms with E-state index < -0.39 is 5.91 Å². The van der Waals surface area contributed by atoms with E-state index in [0.717, 1.165) is 0 Å². The molecule has 0 saturated carbocycles. The second-order valence-electron chi connectivity index (χ2n) is 2.26. The van der Waals surface area contributed by atoms with Crippen molar-refractivity contribution in [1.82, 2.24) is 14.4 Å². The summed E-state index contributed by atoms with van der Waals surface area (Å²) in [6, 6.07) is 0. The Morgan fingerprint density at radius 3 is 2.54 bits per heavy atom. The zero-order valence-electron chi connectivity index (χ0n) is 7.06. The number of rotatable bonds is 1. The molecule has 0 spiro atoms. The summed E-state index contributed by atoms with van der Waals surface area (Å²) in [6.07, 6.45) is 6.40. The molecular weight excluding hydrogens is 179 g/mol. The van der Waals surface area contributed by atoms with Crippen molar-refractivity contribution in [2.75, 3.05) is 0 Å². The number of aromatic nitrogens is 3. The van der Waals surface area contributed by atoms with Crippen LogP contribution < -0.4 is 29.6 Å². The molecule has 0 fully saturated rings. The molecule has 0 unspecified atom stereocenters. The number of hydrogen-bond acceptors (Lipinski definition) is 3. The zero-order valence-corrected chi connectivity index (χ0v) is 9.06. The van der Waals surface area contributed by atoms with Gasteiger partial charge in [0.2, 0.25) is 0 Å². The van der Waals surface area contributed by atoms with E-state index in [4.69, 9.17) is 5.73 Å². The Hall–Kier alpha value is -0.910. The smallest absolute Gasteiger partial charge is 0.662 e. The van der Waals surface area contributed by atoms with E-state index in [9.17, 15) is 4.79 Å². The maximum atomic E-state index is 10.7. The predicted molar refractivity (Wildman–Crippen MR) is 41.6 cm³/mol. The first kappa shape index (κ1) is 10.2. The van der Waals surface area contributed by atoms with Gasteiger partial charge in [0.1, 0.15) is 11.6 Å². The van der Waals surface area contributed by atoms with Gasteiger partial charge in [0.05, 0.1) is 0 Å². The predicted octanol–water partition coefficient (Wildman–Crippen LogP) is -2.07. The van der Waals surface area contributed by atoms with Gasteiger partial charge < -0.3 is 14.9 Å². The number of hydrogen-bond donors (Lipinski definition) is 0. The zero-order chi connectivity index (χ0) is 8.55. The Balaban J connectivity index is 0.000000845. The van der Waals surface area contributed by atoms with Crippen molar-refractivity contribution in [3.63, 3.8) is 0 Å². The standard InChI is InChI=1S/C7H6N4O.Na/c8-6(12)5-7-10-2-4-11(7)3-1-9-5;/h1-4H,(H2,8,12);/q;+1/p-1. The molecule has 60 valence electrons. The first-order chi connectivity index (χ1) is 5.79. The Kier molecular flexibility index (Phi) is 3.02. The summed E-state index contributed by atoms with van der Waals surface area (Å²) in [4.78, 5) is 18.4.